The molecule has 1 rings (SSSR count). The van der Waals surface area contributed by atoms with E-state index in [0.29, 0.717) is 12.3 Å². The molecule has 0 saturated heterocycles. The van der Waals surface area contributed by atoms with E-state index in [9.17, 15) is 4.21 Å². The molecule has 0 radical (unpaired) electrons. The van der Waals surface area contributed by atoms with Crippen molar-refractivity contribution < 1.29 is 13.5 Å². The van der Waals surface area contributed by atoms with Gasteiger partial charge in [0, 0.05) is 5.69 Å². The standard InChI is InChI=1S/C9H13NO3S/c1-2-7-13-9-5-3-8(4-6-9)10-14(11)12/h3-6,10H,2,7H2,1H3,(H,11,12). The van der Waals surface area contributed by atoms with E-state index in [4.69, 9.17) is 9.29 Å². The van der Waals surface area contributed by atoms with Gasteiger partial charge in [0.05, 0.1) is 6.61 Å². The number of benzene rings is 1. The van der Waals surface area contributed by atoms with Crippen LogP contribution in [0.5, 0.6) is 5.75 Å². The van der Waals surface area contributed by atoms with Crippen molar-refractivity contribution in [2.45, 2.75) is 13.3 Å². The maximum absolute atomic E-state index is 10.4. The number of rotatable bonds is 5. The van der Waals surface area contributed by atoms with Gasteiger partial charge >= 0.3 is 0 Å². The highest BCUT2D eigenvalue weighted by Gasteiger charge is 1.96. The Kier molecular flexibility index (Phi) is 4.42. The van der Waals surface area contributed by atoms with Gasteiger partial charge in [-0.1, -0.05) is 6.92 Å². The molecule has 78 valence electrons. The molecule has 1 atom stereocenters. The molecule has 2 N–H and O–H groups in total. The van der Waals surface area contributed by atoms with Crippen molar-refractivity contribution in [1.82, 2.24) is 0 Å². The molecule has 0 aliphatic carbocycles. The molecule has 1 aromatic rings. The molecule has 0 aliphatic heterocycles. The average Bonchev–Trinajstić information content (AvgIpc) is 2.16. The Labute approximate surface area is 85.7 Å². The molecule has 14 heavy (non-hydrogen) atoms. The number of hydrogen-bond donors (Lipinski definition) is 2. The monoisotopic (exact) mass is 215 g/mol. The Balaban J connectivity index is 2.54. The van der Waals surface area contributed by atoms with Crippen molar-refractivity contribution in [1.29, 1.82) is 0 Å². The largest absolute Gasteiger partial charge is 0.494 e. The third-order valence-electron chi connectivity index (χ3n) is 1.53. The third kappa shape index (κ3) is 3.76. The van der Waals surface area contributed by atoms with Gasteiger partial charge in [-0.2, -0.15) is 0 Å². The highest BCUT2D eigenvalue weighted by Crippen LogP contribution is 2.15. The van der Waals surface area contributed by atoms with E-state index in [2.05, 4.69) is 4.72 Å². The summed E-state index contributed by atoms with van der Waals surface area (Å²) in [5.41, 5.74) is 0.592. The Morgan fingerprint density at radius 1 is 1.43 bits per heavy atom. The van der Waals surface area contributed by atoms with Crippen LogP contribution in [0.4, 0.5) is 5.69 Å². The summed E-state index contributed by atoms with van der Waals surface area (Å²) in [5.74, 6) is 0.765. The van der Waals surface area contributed by atoms with Crippen LogP contribution in [0.25, 0.3) is 0 Å². The lowest BCUT2D eigenvalue weighted by atomic mass is 10.3. The van der Waals surface area contributed by atoms with Gasteiger partial charge < -0.3 is 4.74 Å². The first-order valence-corrected chi connectivity index (χ1v) is 5.43. The molecule has 4 nitrogen and oxygen atoms in total. The predicted molar refractivity (Wildman–Crippen MR) is 56.6 cm³/mol. The number of ether oxygens (including phenoxy) is 1. The lowest BCUT2D eigenvalue weighted by Gasteiger charge is -2.05. The molecule has 0 bridgehead atoms. The smallest absolute Gasteiger partial charge is 0.259 e. The van der Waals surface area contributed by atoms with Crippen LogP contribution >= 0.6 is 0 Å². The van der Waals surface area contributed by atoms with Crippen molar-refractivity contribution >= 4 is 17.0 Å². The van der Waals surface area contributed by atoms with Crippen LogP contribution in [0.15, 0.2) is 24.3 Å². The van der Waals surface area contributed by atoms with E-state index in [1.54, 1.807) is 24.3 Å². The Bertz CT molecular complexity index is 299. The fourth-order valence-corrected chi connectivity index (χ4v) is 1.28. The van der Waals surface area contributed by atoms with Crippen LogP contribution in [0, 0.1) is 0 Å². The van der Waals surface area contributed by atoms with Crippen LogP contribution in [0.3, 0.4) is 0 Å². The molecular weight excluding hydrogens is 202 g/mol. The van der Waals surface area contributed by atoms with Gasteiger partial charge in [-0.3, -0.25) is 9.27 Å². The van der Waals surface area contributed by atoms with Gasteiger partial charge in [-0.25, -0.2) is 4.21 Å². The molecule has 0 fully saturated rings. The molecule has 0 heterocycles. The van der Waals surface area contributed by atoms with Gasteiger partial charge in [0.25, 0.3) is 11.3 Å². The molecule has 5 heteroatoms. The molecular formula is C9H13NO3S. The first kappa shape index (κ1) is 11.0. The molecule has 0 aromatic heterocycles. The van der Waals surface area contributed by atoms with Gasteiger partial charge in [-0.15, -0.1) is 0 Å². The normalized spacial score (nSPS) is 12.1. The molecule has 0 amide bonds. The van der Waals surface area contributed by atoms with Crippen molar-refractivity contribution in [2.75, 3.05) is 11.3 Å². The highest BCUT2D eigenvalue weighted by molar-refractivity contribution is 7.80. The van der Waals surface area contributed by atoms with Crippen molar-refractivity contribution in [3.63, 3.8) is 0 Å². The maximum atomic E-state index is 10.4. The second kappa shape index (κ2) is 5.62. The van der Waals surface area contributed by atoms with Gasteiger partial charge in [-0.05, 0) is 30.7 Å². The van der Waals surface area contributed by atoms with E-state index in [1.807, 2.05) is 6.92 Å². The van der Waals surface area contributed by atoms with E-state index in [0.717, 1.165) is 12.2 Å². The zero-order valence-corrected chi connectivity index (χ0v) is 8.71. The van der Waals surface area contributed by atoms with E-state index in [1.165, 1.54) is 0 Å². The molecule has 0 aliphatic rings. The van der Waals surface area contributed by atoms with Crippen molar-refractivity contribution in [2.24, 2.45) is 0 Å². The van der Waals surface area contributed by atoms with Crippen molar-refractivity contribution in [3.8, 4) is 5.75 Å². The van der Waals surface area contributed by atoms with Crippen LogP contribution in [0.2, 0.25) is 0 Å². The fraction of sp³-hybridized carbons (Fsp3) is 0.333. The first-order chi connectivity index (χ1) is 6.72. The Morgan fingerprint density at radius 2 is 2.07 bits per heavy atom. The number of hydrogen-bond acceptors (Lipinski definition) is 2. The lowest BCUT2D eigenvalue weighted by Crippen LogP contribution is -2.01. The summed E-state index contributed by atoms with van der Waals surface area (Å²) in [5, 5.41) is 0. The summed E-state index contributed by atoms with van der Waals surface area (Å²) >= 11 is -2.02. The molecule has 1 unspecified atom stereocenters. The molecule has 1 aromatic carbocycles. The second-order valence-corrected chi connectivity index (χ2v) is 3.43. The zero-order valence-electron chi connectivity index (χ0n) is 7.90. The third-order valence-corrected chi connectivity index (χ3v) is 1.94. The van der Waals surface area contributed by atoms with Gasteiger partial charge in [0.2, 0.25) is 0 Å². The Hall–Kier alpha value is -1.07. The zero-order chi connectivity index (χ0) is 10.4. The Morgan fingerprint density at radius 3 is 2.57 bits per heavy atom. The molecule has 0 saturated carbocycles. The van der Waals surface area contributed by atoms with Crippen LogP contribution in [-0.2, 0) is 11.3 Å². The predicted octanol–water partition coefficient (Wildman–Crippen LogP) is 2.02. The minimum absolute atomic E-state index is 0.592. The number of anilines is 1. The van der Waals surface area contributed by atoms with Gasteiger partial charge in [0.15, 0.2) is 0 Å². The van der Waals surface area contributed by atoms with E-state index >= 15 is 0 Å². The first-order valence-electron chi connectivity index (χ1n) is 4.32. The summed E-state index contributed by atoms with van der Waals surface area (Å²) in [7, 11) is 0. The van der Waals surface area contributed by atoms with Crippen LogP contribution in [-0.4, -0.2) is 15.4 Å². The van der Waals surface area contributed by atoms with Crippen molar-refractivity contribution in [3.05, 3.63) is 24.3 Å². The maximum Gasteiger partial charge on any atom is 0.259 e. The fourth-order valence-electron chi connectivity index (χ4n) is 0.940. The van der Waals surface area contributed by atoms with Crippen LogP contribution in [0.1, 0.15) is 13.3 Å². The summed E-state index contributed by atoms with van der Waals surface area (Å²) in [6.45, 7) is 2.71. The second-order valence-electron chi connectivity index (χ2n) is 2.72. The average molecular weight is 215 g/mol. The minimum atomic E-state index is -2.02. The summed E-state index contributed by atoms with van der Waals surface area (Å²) in [6, 6.07) is 6.90. The van der Waals surface area contributed by atoms with E-state index in [-0.39, 0.29) is 0 Å². The topological polar surface area (TPSA) is 58.6 Å². The number of nitrogens with one attached hydrogen (secondary N) is 1. The summed E-state index contributed by atoms with van der Waals surface area (Å²) in [4.78, 5) is 0. The minimum Gasteiger partial charge on any atom is -0.494 e. The quantitative estimate of drug-likeness (QED) is 0.739. The summed E-state index contributed by atoms with van der Waals surface area (Å²) < 4.78 is 26.7. The lowest BCUT2D eigenvalue weighted by molar-refractivity contribution is 0.317. The highest BCUT2D eigenvalue weighted by atomic mass is 32.2. The van der Waals surface area contributed by atoms with Gasteiger partial charge in [0.1, 0.15) is 5.75 Å². The summed E-state index contributed by atoms with van der Waals surface area (Å²) in [6.07, 6.45) is 0.959. The SMILES string of the molecule is CCCOc1ccc(NS(=O)O)cc1. The van der Waals surface area contributed by atoms with Crippen LogP contribution < -0.4 is 9.46 Å². The molecule has 0 spiro atoms. The van der Waals surface area contributed by atoms with E-state index < -0.39 is 11.3 Å².